The molecule has 0 aromatic heterocycles. The van der Waals surface area contributed by atoms with Crippen molar-refractivity contribution in [3.63, 3.8) is 0 Å². The van der Waals surface area contributed by atoms with Gasteiger partial charge in [-0.05, 0) is 0 Å². The predicted octanol–water partition coefficient (Wildman–Crippen LogP) is 1.48. The maximum absolute atomic E-state index is 13.0. The molecular weight excluding hydrogens is 272 g/mol. The third-order valence-electron chi connectivity index (χ3n) is 2.75. The molecule has 2 rings (SSSR count). The summed E-state index contributed by atoms with van der Waals surface area (Å²) < 4.78 is 70.3. The number of ether oxygens (including phenoxy) is 4. The SMILES string of the molecule is FC(F)C(F)(F)CC(COCC1CO1)OCC1CO1. The second kappa shape index (κ2) is 6.34. The van der Waals surface area contributed by atoms with Gasteiger partial charge in [-0.1, -0.05) is 0 Å². The summed E-state index contributed by atoms with van der Waals surface area (Å²) in [6, 6.07) is 0. The Morgan fingerprint density at radius 1 is 1.11 bits per heavy atom. The van der Waals surface area contributed by atoms with Gasteiger partial charge in [0.25, 0.3) is 0 Å². The topological polar surface area (TPSA) is 43.5 Å². The zero-order valence-electron chi connectivity index (χ0n) is 10.2. The highest BCUT2D eigenvalue weighted by Gasteiger charge is 2.43. The molecule has 0 N–H and O–H groups in total. The van der Waals surface area contributed by atoms with Crippen molar-refractivity contribution in [3.8, 4) is 0 Å². The highest BCUT2D eigenvalue weighted by molar-refractivity contribution is 4.77. The minimum Gasteiger partial charge on any atom is -0.376 e. The van der Waals surface area contributed by atoms with Gasteiger partial charge in [0.1, 0.15) is 12.2 Å². The van der Waals surface area contributed by atoms with Gasteiger partial charge >= 0.3 is 12.3 Å². The van der Waals surface area contributed by atoms with E-state index >= 15 is 0 Å². The largest absolute Gasteiger partial charge is 0.376 e. The minimum atomic E-state index is -4.07. The van der Waals surface area contributed by atoms with Crippen molar-refractivity contribution < 1.29 is 36.5 Å². The van der Waals surface area contributed by atoms with Crippen molar-refractivity contribution in [1.29, 1.82) is 0 Å². The van der Waals surface area contributed by atoms with Crippen molar-refractivity contribution in [2.24, 2.45) is 0 Å². The van der Waals surface area contributed by atoms with E-state index in [9.17, 15) is 17.6 Å². The van der Waals surface area contributed by atoms with Gasteiger partial charge in [-0.3, -0.25) is 0 Å². The van der Waals surface area contributed by atoms with Crippen molar-refractivity contribution in [2.45, 2.75) is 37.1 Å². The summed E-state index contributed by atoms with van der Waals surface area (Å²) >= 11 is 0. The van der Waals surface area contributed by atoms with Gasteiger partial charge in [0, 0.05) is 6.42 Å². The number of halogens is 4. The van der Waals surface area contributed by atoms with Crippen LogP contribution in [0.5, 0.6) is 0 Å². The summed E-state index contributed by atoms with van der Waals surface area (Å²) in [5.74, 6) is -4.07. The van der Waals surface area contributed by atoms with Gasteiger partial charge in [0.05, 0.1) is 39.1 Å². The molecule has 2 heterocycles. The Bertz CT molecular complexity index is 282. The molecule has 0 spiro atoms. The van der Waals surface area contributed by atoms with E-state index in [1.54, 1.807) is 0 Å². The molecule has 112 valence electrons. The average Bonchev–Trinajstić information content (AvgIpc) is 3.19. The molecule has 2 aliphatic heterocycles. The molecule has 0 amide bonds. The fourth-order valence-electron chi connectivity index (χ4n) is 1.46. The van der Waals surface area contributed by atoms with E-state index in [1.165, 1.54) is 0 Å². The summed E-state index contributed by atoms with van der Waals surface area (Å²) in [7, 11) is 0. The molecule has 2 saturated heterocycles. The van der Waals surface area contributed by atoms with Crippen LogP contribution in [0.2, 0.25) is 0 Å². The second-order valence-electron chi connectivity index (χ2n) is 4.67. The van der Waals surface area contributed by atoms with E-state index in [0.717, 1.165) is 0 Å². The maximum Gasteiger partial charge on any atom is 0.310 e. The average molecular weight is 288 g/mol. The van der Waals surface area contributed by atoms with E-state index < -0.39 is 24.9 Å². The molecule has 4 nitrogen and oxygen atoms in total. The van der Waals surface area contributed by atoms with Crippen LogP contribution in [-0.4, -0.2) is 63.7 Å². The first-order valence-electron chi connectivity index (χ1n) is 6.06. The quantitative estimate of drug-likeness (QED) is 0.451. The van der Waals surface area contributed by atoms with Crippen LogP contribution in [0.1, 0.15) is 6.42 Å². The zero-order valence-corrected chi connectivity index (χ0v) is 10.2. The summed E-state index contributed by atoms with van der Waals surface area (Å²) in [4.78, 5) is 0. The number of rotatable bonds is 10. The van der Waals surface area contributed by atoms with Crippen LogP contribution >= 0.6 is 0 Å². The Balaban J connectivity index is 1.73. The first kappa shape index (κ1) is 15.0. The van der Waals surface area contributed by atoms with E-state index in [2.05, 4.69) is 0 Å². The van der Waals surface area contributed by atoms with Crippen LogP contribution < -0.4 is 0 Å². The summed E-state index contributed by atoms with van der Waals surface area (Å²) in [6.07, 6.45) is -5.98. The van der Waals surface area contributed by atoms with Crippen molar-refractivity contribution in [1.82, 2.24) is 0 Å². The first-order valence-corrected chi connectivity index (χ1v) is 6.06. The molecule has 3 unspecified atom stereocenters. The van der Waals surface area contributed by atoms with Gasteiger partial charge in [0.2, 0.25) is 0 Å². The molecule has 0 saturated carbocycles. The Labute approximate surface area is 107 Å². The Morgan fingerprint density at radius 3 is 2.21 bits per heavy atom. The lowest BCUT2D eigenvalue weighted by Crippen LogP contribution is -2.35. The summed E-state index contributed by atoms with van der Waals surface area (Å²) in [6.45, 7) is 1.31. The third-order valence-corrected chi connectivity index (χ3v) is 2.75. The second-order valence-corrected chi connectivity index (χ2v) is 4.67. The third kappa shape index (κ3) is 5.60. The minimum absolute atomic E-state index is 0.0111. The van der Waals surface area contributed by atoms with Gasteiger partial charge in [-0.2, -0.15) is 0 Å². The lowest BCUT2D eigenvalue weighted by Gasteiger charge is -2.23. The van der Waals surface area contributed by atoms with Gasteiger partial charge in [-0.15, -0.1) is 0 Å². The van der Waals surface area contributed by atoms with Crippen LogP contribution in [-0.2, 0) is 18.9 Å². The Morgan fingerprint density at radius 2 is 1.68 bits per heavy atom. The molecule has 19 heavy (non-hydrogen) atoms. The smallest absolute Gasteiger partial charge is 0.310 e. The number of epoxide rings is 2. The zero-order chi connectivity index (χ0) is 13.9. The fraction of sp³-hybridized carbons (Fsp3) is 1.00. The van der Waals surface area contributed by atoms with Gasteiger partial charge < -0.3 is 18.9 Å². The Kier molecular flexibility index (Phi) is 4.99. The molecule has 8 heteroatoms. The molecule has 0 aromatic rings. The summed E-state index contributed by atoms with van der Waals surface area (Å²) in [5.41, 5.74) is 0. The van der Waals surface area contributed by atoms with Crippen molar-refractivity contribution in [3.05, 3.63) is 0 Å². The standard InChI is InChI=1S/C11H16F4O4/c12-10(13)11(14,15)1-7(17-5-9-6-19-9)2-16-3-8-4-18-8/h7-10H,1-6H2. The van der Waals surface area contributed by atoms with Gasteiger partial charge in [-0.25, -0.2) is 17.6 Å². The van der Waals surface area contributed by atoms with Crippen LogP contribution in [0.3, 0.4) is 0 Å². The molecule has 3 atom stereocenters. The normalized spacial score (nSPS) is 27.6. The van der Waals surface area contributed by atoms with E-state index in [0.29, 0.717) is 13.2 Å². The molecular formula is C11H16F4O4. The van der Waals surface area contributed by atoms with Crippen LogP contribution in [0, 0.1) is 0 Å². The maximum atomic E-state index is 13.0. The summed E-state index contributed by atoms with van der Waals surface area (Å²) in [5, 5.41) is 0. The van der Waals surface area contributed by atoms with E-state index in [1.807, 2.05) is 0 Å². The molecule has 0 aliphatic carbocycles. The van der Waals surface area contributed by atoms with E-state index in [4.69, 9.17) is 18.9 Å². The fourth-order valence-corrected chi connectivity index (χ4v) is 1.46. The number of hydrogen-bond donors (Lipinski definition) is 0. The van der Waals surface area contributed by atoms with Crippen molar-refractivity contribution in [2.75, 3.05) is 33.0 Å². The van der Waals surface area contributed by atoms with Crippen LogP contribution in [0.4, 0.5) is 17.6 Å². The molecule has 0 aromatic carbocycles. The van der Waals surface area contributed by atoms with E-state index in [-0.39, 0.29) is 32.0 Å². The lowest BCUT2D eigenvalue weighted by molar-refractivity contribution is -0.162. The molecule has 0 bridgehead atoms. The Hall–Kier alpha value is -0.440. The first-order chi connectivity index (χ1) is 8.97. The number of hydrogen-bond acceptors (Lipinski definition) is 4. The molecule has 2 aliphatic rings. The number of alkyl halides is 4. The predicted molar refractivity (Wildman–Crippen MR) is 55.6 cm³/mol. The van der Waals surface area contributed by atoms with Crippen molar-refractivity contribution >= 4 is 0 Å². The van der Waals surface area contributed by atoms with Crippen LogP contribution in [0.15, 0.2) is 0 Å². The monoisotopic (exact) mass is 288 g/mol. The molecule has 0 radical (unpaired) electrons. The molecule has 2 fully saturated rings. The highest BCUT2D eigenvalue weighted by atomic mass is 19.3. The van der Waals surface area contributed by atoms with Gasteiger partial charge in [0.15, 0.2) is 0 Å². The van der Waals surface area contributed by atoms with Crippen LogP contribution in [0.25, 0.3) is 0 Å². The lowest BCUT2D eigenvalue weighted by atomic mass is 10.1. The highest BCUT2D eigenvalue weighted by Crippen LogP contribution is 2.29.